The van der Waals surface area contributed by atoms with Crippen molar-refractivity contribution in [3.63, 3.8) is 0 Å². The maximum absolute atomic E-state index is 5.87. The van der Waals surface area contributed by atoms with Crippen molar-refractivity contribution in [2.24, 2.45) is 11.8 Å². The molecule has 3 unspecified atom stereocenters. The Bertz CT molecular complexity index is 733. The van der Waals surface area contributed by atoms with Crippen LogP contribution in [0.5, 0.6) is 0 Å². The average molecular weight is 552 g/mol. The van der Waals surface area contributed by atoms with Crippen LogP contribution in [0.4, 0.5) is 0 Å². The number of rotatable bonds is 14. The highest BCUT2D eigenvalue weighted by molar-refractivity contribution is 6.18. The van der Waals surface area contributed by atoms with Crippen molar-refractivity contribution >= 4 is 11.6 Å². The summed E-state index contributed by atoms with van der Waals surface area (Å²) < 4.78 is 20.5. The summed E-state index contributed by atoms with van der Waals surface area (Å²) in [4.78, 5) is 0. The summed E-state index contributed by atoms with van der Waals surface area (Å²) in [5.41, 5.74) is 2.73. The number of halogens is 3. The molecule has 2 aromatic rings. The van der Waals surface area contributed by atoms with Gasteiger partial charge in [-0.2, -0.15) is 0 Å². The summed E-state index contributed by atoms with van der Waals surface area (Å²) in [6.07, 6.45) is 10.7. The smallest absolute Gasteiger partial charge is 0.176 e. The molecule has 0 bridgehead atoms. The minimum atomic E-state index is 0. The van der Waals surface area contributed by atoms with E-state index in [1.807, 2.05) is 0 Å². The number of nitrogens with zero attached hydrogens (tertiary/aromatic N) is 2. The first-order valence-electron chi connectivity index (χ1n) is 12.1. The lowest BCUT2D eigenvalue weighted by atomic mass is 10.2. The Morgan fingerprint density at radius 2 is 1.17 bits per heavy atom. The van der Waals surface area contributed by atoms with Crippen LogP contribution in [0.1, 0.15) is 38.8 Å². The van der Waals surface area contributed by atoms with Gasteiger partial charge in [0, 0.05) is 50.3 Å². The molecule has 2 rings (SSSR count). The minimum absolute atomic E-state index is 0. The normalized spacial score (nSPS) is 12.9. The number of aryl methyl sites for hydroxylation is 2. The Labute approximate surface area is 231 Å². The zero-order chi connectivity index (χ0) is 24.5. The van der Waals surface area contributed by atoms with E-state index in [9.17, 15) is 0 Å². The predicted molar refractivity (Wildman–Crippen MR) is 135 cm³/mol. The van der Waals surface area contributed by atoms with Crippen LogP contribution in [-0.4, -0.2) is 46.0 Å². The third kappa shape index (κ3) is 16.4. The molecule has 0 aliphatic heterocycles. The number of aromatic nitrogens is 2. The molecule has 0 aliphatic carbocycles. The average Bonchev–Trinajstić information content (AvgIpc) is 2.84. The fourth-order valence-corrected chi connectivity index (χ4v) is 3.40. The van der Waals surface area contributed by atoms with Gasteiger partial charge in [-0.05, 0) is 29.9 Å². The van der Waals surface area contributed by atoms with Crippen molar-refractivity contribution in [3.8, 4) is 0 Å². The van der Waals surface area contributed by atoms with Gasteiger partial charge in [-0.15, -0.1) is 11.6 Å². The minimum Gasteiger partial charge on any atom is -1.00 e. The first-order valence-corrected chi connectivity index (χ1v) is 12.6. The Kier molecular flexibility index (Phi) is 23.0. The lowest BCUT2D eigenvalue weighted by Gasteiger charge is -2.16. The first kappa shape index (κ1) is 36.2. The molecule has 0 aromatic carbocycles. The molecule has 2 aromatic heterocycles. The highest BCUT2D eigenvalue weighted by atomic mass is 35.5. The lowest BCUT2D eigenvalue weighted by Crippen LogP contribution is -3.00. The van der Waals surface area contributed by atoms with Crippen molar-refractivity contribution in [2.45, 2.75) is 59.7 Å². The van der Waals surface area contributed by atoms with Gasteiger partial charge in [0.15, 0.2) is 37.9 Å². The van der Waals surface area contributed by atoms with Gasteiger partial charge in [-0.3, -0.25) is 0 Å². The highest BCUT2D eigenvalue weighted by Crippen LogP contribution is 2.03. The van der Waals surface area contributed by atoms with Gasteiger partial charge in [0.2, 0.25) is 0 Å². The quantitative estimate of drug-likeness (QED) is 0.207. The molecule has 0 fully saturated rings. The number of pyridine rings is 2. The molecular weight excluding hydrogens is 507 g/mol. The van der Waals surface area contributed by atoms with Crippen LogP contribution in [0.15, 0.2) is 49.1 Å². The lowest BCUT2D eigenvalue weighted by molar-refractivity contribution is -0.704. The van der Waals surface area contributed by atoms with Crippen molar-refractivity contribution in [3.05, 3.63) is 60.2 Å². The van der Waals surface area contributed by atoms with Gasteiger partial charge in [0.1, 0.15) is 6.10 Å². The van der Waals surface area contributed by atoms with Crippen LogP contribution in [0, 0.1) is 11.8 Å². The van der Waals surface area contributed by atoms with Gasteiger partial charge in [0.05, 0.1) is 19.8 Å². The number of alkyl halides is 1. The Hall–Kier alpha value is -0.950. The second-order valence-corrected chi connectivity index (χ2v) is 9.05. The molecule has 0 amide bonds. The van der Waals surface area contributed by atoms with E-state index >= 15 is 0 Å². The molecule has 8 heteroatoms. The van der Waals surface area contributed by atoms with E-state index in [0.29, 0.717) is 30.9 Å². The monoisotopic (exact) mass is 550 g/mol. The third-order valence-corrected chi connectivity index (χ3v) is 5.88. The summed E-state index contributed by atoms with van der Waals surface area (Å²) >= 11 is 5.79. The summed E-state index contributed by atoms with van der Waals surface area (Å²) in [5.74, 6) is 1.56. The molecule has 0 radical (unpaired) electrons. The summed E-state index contributed by atoms with van der Waals surface area (Å²) in [5, 5.41) is 0. The van der Waals surface area contributed by atoms with E-state index in [2.05, 4.69) is 85.9 Å². The molecule has 0 saturated heterocycles. The zero-order valence-corrected chi connectivity index (χ0v) is 24.5. The molecule has 0 saturated carbocycles. The second-order valence-electron chi connectivity index (χ2n) is 8.74. The zero-order valence-electron chi connectivity index (χ0n) is 22.3. The SMILES string of the molecule is CCc1cc[n+](CC(C)COC)cc1.CCc1cc[n+](CC(COC)OCC(C)CCl)cc1.[Cl-].[Cl-]. The van der Waals surface area contributed by atoms with E-state index in [1.165, 1.54) is 11.1 Å². The van der Waals surface area contributed by atoms with Gasteiger partial charge in [-0.1, -0.05) is 27.7 Å². The molecule has 2 heterocycles. The largest absolute Gasteiger partial charge is 1.00 e. The second kappa shape index (κ2) is 22.3. The van der Waals surface area contributed by atoms with E-state index in [1.54, 1.807) is 14.2 Å². The Morgan fingerprint density at radius 3 is 1.57 bits per heavy atom. The molecule has 0 aliphatic rings. The molecule has 0 spiro atoms. The Morgan fingerprint density at radius 1 is 0.714 bits per heavy atom. The molecular formula is C27H45Cl3N2O3. The van der Waals surface area contributed by atoms with Gasteiger partial charge in [-0.25, -0.2) is 9.13 Å². The van der Waals surface area contributed by atoms with Crippen LogP contribution < -0.4 is 33.9 Å². The summed E-state index contributed by atoms with van der Waals surface area (Å²) in [7, 11) is 3.45. The van der Waals surface area contributed by atoms with Crippen LogP contribution in [0.3, 0.4) is 0 Å². The highest BCUT2D eigenvalue weighted by Gasteiger charge is 2.16. The molecule has 3 atom stereocenters. The predicted octanol–water partition coefficient (Wildman–Crippen LogP) is -1.73. The van der Waals surface area contributed by atoms with Crippen LogP contribution in [-0.2, 0) is 40.1 Å². The molecule has 0 N–H and O–H groups in total. The Balaban J connectivity index is 0. The van der Waals surface area contributed by atoms with E-state index in [0.717, 1.165) is 32.5 Å². The number of methoxy groups -OCH3 is 2. The van der Waals surface area contributed by atoms with Gasteiger partial charge >= 0.3 is 0 Å². The van der Waals surface area contributed by atoms with E-state index in [4.69, 9.17) is 25.8 Å². The number of hydrogen-bond acceptors (Lipinski definition) is 3. The fraction of sp³-hybridized carbons (Fsp3) is 0.630. The number of hydrogen-bond donors (Lipinski definition) is 0. The van der Waals surface area contributed by atoms with Crippen molar-refractivity contribution < 1.29 is 48.2 Å². The van der Waals surface area contributed by atoms with Crippen LogP contribution in [0.25, 0.3) is 0 Å². The topological polar surface area (TPSA) is 35.5 Å². The van der Waals surface area contributed by atoms with Crippen molar-refractivity contribution in [1.29, 1.82) is 0 Å². The van der Waals surface area contributed by atoms with Crippen molar-refractivity contribution in [2.75, 3.05) is 39.9 Å². The molecule has 5 nitrogen and oxygen atoms in total. The van der Waals surface area contributed by atoms with Crippen LogP contribution in [0.2, 0.25) is 0 Å². The van der Waals surface area contributed by atoms with E-state index < -0.39 is 0 Å². The fourth-order valence-electron chi connectivity index (χ4n) is 3.31. The third-order valence-electron chi connectivity index (χ3n) is 5.36. The first-order chi connectivity index (χ1) is 15.9. The maximum atomic E-state index is 5.87. The van der Waals surface area contributed by atoms with Gasteiger partial charge < -0.3 is 39.0 Å². The van der Waals surface area contributed by atoms with E-state index in [-0.39, 0.29) is 30.9 Å². The van der Waals surface area contributed by atoms with Crippen molar-refractivity contribution in [1.82, 2.24) is 0 Å². The van der Waals surface area contributed by atoms with Crippen LogP contribution >= 0.6 is 11.6 Å². The van der Waals surface area contributed by atoms with Gasteiger partial charge in [0.25, 0.3) is 0 Å². The summed E-state index contributed by atoms with van der Waals surface area (Å²) in [6, 6.07) is 8.65. The molecule has 202 valence electrons. The molecule has 35 heavy (non-hydrogen) atoms. The maximum Gasteiger partial charge on any atom is 0.176 e. The standard InChI is InChI=1S/C15H25ClNO2.C12H20NO.2ClH/c1-4-14-5-7-17(8-6-14)10-15(12-18-3)19-11-13(2)9-16;1-4-12-5-7-13(8-6-12)9-11(2)10-14-3;;/h5-8,13,15H,4,9-12H2,1-3H3;5-8,11H,4,9-10H2,1-3H3;2*1H/q2*+1;;/p-2. The number of ether oxygens (including phenoxy) is 3. The summed E-state index contributed by atoms with van der Waals surface area (Å²) in [6.45, 7) is 12.5.